The Hall–Kier alpha value is -2.86. The van der Waals surface area contributed by atoms with E-state index in [4.69, 9.17) is 0 Å². The molecule has 0 N–H and O–H groups in total. The predicted octanol–water partition coefficient (Wildman–Crippen LogP) is 8.94. The van der Waals surface area contributed by atoms with Gasteiger partial charge in [0.15, 0.2) is 0 Å². The van der Waals surface area contributed by atoms with Gasteiger partial charge >= 0.3 is 0 Å². The number of benzene rings is 3. The molecule has 6 aliphatic carbocycles. The number of hydrogen-bond donors (Lipinski definition) is 0. The molecule has 3 saturated carbocycles. The van der Waals surface area contributed by atoms with Crippen molar-refractivity contribution >= 4 is 16.3 Å². The second-order valence-corrected chi connectivity index (χ2v) is 11.3. The van der Waals surface area contributed by atoms with Gasteiger partial charge in [-0.3, -0.25) is 0 Å². The highest BCUT2D eigenvalue weighted by Gasteiger charge is 2.53. The molecule has 0 aliphatic heterocycles. The zero-order chi connectivity index (χ0) is 22.3. The summed E-state index contributed by atoms with van der Waals surface area (Å²) >= 11 is 0. The Balaban J connectivity index is 1.27. The zero-order valence-electron chi connectivity index (χ0n) is 19.9. The Bertz CT molecular complexity index is 1400. The standard InChI is InChI=1S/C33H32/c1-20-6-7-26(17-31(20)33-13-12-30-28(18-33)16-29(30)19-33)24-8-9-25-15-27(11-10-23(25)14-24)32-21(2)4-5-22(32)3/h6-12,14-15,17,28-29H,2,4-5,13,16,18-19H2,1,3H3. The molecule has 0 spiro atoms. The Morgan fingerprint density at radius 1 is 0.788 bits per heavy atom. The number of hydrogen-bond acceptors (Lipinski definition) is 0. The van der Waals surface area contributed by atoms with Crippen LogP contribution in [-0.4, -0.2) is 0 Å². The normalized spacial score (nSPS) is 27.8. The first kappa shape index (κ1) is 19.6. The molecule has 0 heterocycles. The average molecular weight is 429 g/mol. The first-order chi connectivity index (χ1) is 16.0. The highest BCUT2D eigenvalue weighted by molar-refractivity contribution is 5.93. The first-order valence-electron chi connectivity index (χ1n) is 12.7. The van der Waals surface area contributed by atoms with Gasteiger partial charge in [-0.05, 0) is 126 Å². The summed E-state index contributed by atoms with van der Waals surface area (Å²) in [6.45, 7) is 8.89. The van der Waals surface area contributed by atoms with E-state index in [-0.39, 0.29) is 0 Å². The third kappa shape index (κ3) is 2.83. The summed E-state index contributed by atoms with van der Waals surface area (Å²) in [5.41, 5.74) is 13.5. The van der Waals surface area contributed by atoms with E-state index < -0.39 is 0 Å². The van der Waals surface area contributed by atoms with Gasteiger partial charge in [0.05, 0.1) is 0 Å². The summed E-state index contributed by atoms with van der Waals surface area (Å²) < 4.78 is 0. The zero-order valence-corrected chi connectivity index (χ0v) is 19.9. The summed E-state index contributed by atoms with van der Waals surface area (Å²) in [4.78, 5) is 0. The molecule has 164 valence electrons. The van der Waals surface area contributed by atoms with Crippen molar-refractivity contribution in [3.05, 3.63) is 101 Å². The molecule has 9 rings (SSSR count). The first-order valence-corrected chi connectivity index (χ1v) is 12.7. The summed E-state index contributed by atoms with van der Waals surface area (Å²) in [5.74, 6) is 1.76. The van der Waals surface area contributed by atoms with Crippen LogP contribution in [0.25, 0.3) is 27.5 Å². The molecule has 33 heavy (non-hydrogen) atoms. The summed E-state index contributed by atoms with van der Waals surface area (Å²) in [6, 6.07) is 21.2. The number of fused-ring (bicyclic) bond motifs is 2. The van der Waals surface area contributed by atoms with E-state index in [0.29, 0.717) is 5.41 Å². The summed E-state index contributed by atoms with van der Waals surface area (Å²) in [6.07, 6.45) is 10.3. The van der Waals surface area contributed by atoms with Crippen molar-refractivity contribution in [2.45, 2.75) is 57.8 Å². The lowest BCUT2D eigenvalue weighted by Crippen LogP contribution is -2.49. The van der Waals surface area contributed by atoms with Crippen LogP contribution < -0.4 is 0 Å². The number of rotatable bonds is 3. The van der Waals surface area contributed by atoms with Crippen LogP contribution in [0.2, 0.25) is 0 Å². The molecule has 3 aromatic rings. The van der Waals surface area contributed by atoms with Crippen molar-refractivity contribution in [1.29, 1.82) is 0 Å². The van der Waals surface area contributed by atoms with Gasteiger partial charge in [-0.1, -0.05) is 66.3 Å². The molecule has 2 atom stereocenters. The Kier molecular flexibility index (Phi) is 4.05. The molecule has 0 aromatic heterocycles. The fraction of sp³-hybridized carbons (Fsp3) is 0.333. The van der Waals surface area contributed by atoms with E-state index in [0.717, 1.165) is 24.7 Å². The van der Waals surface area contributed by atoms with E-state index in [1.165, 1.54) is 75.4 Å². The van der Waals surface area contributed by atoms with Crippen molar-refractivity contribution in [3.63, 3.8) is 0 Å². The fourth-order valence-electron chi connectivity index (χ4n) is 7.65. The molecule has 0 heteroatoms. The summed E-state index contributed by atoms with van der Waals surface area (Å²) in [7, 11) is 0. The van der Waals surface area contributed by atoms with Crippen molar-refractivity contribution in [3.8, 4) is 11.1 Å². The van der Waals surface area contributed by atoms with Crippen LogP contribution >= 0.6 is 0 Å². The SMILES string of the molecule is C=C1CCC(C)=C1c1ccc2cc(-c3ccc(C)c(C45CC=C6C(CC6C4)C5)c3)ccc2c1. The monoisotopic (exact) mass is 428 g/mol. The van der Waals surface area contributed by atoms with Crippen LogP contribution in [0, 0.1) is 18.8 Å². The lowest BCUT2D eigenvalue weighted by Gasteiger charge is -2.58. The molecular weight excluding hydrogens is 396 g/mol. The van der Waals surface area contributed by atoms with E-state index >= 15 is 0 Å². The molecular formula is C33H32. The van der Waals surface area contributed by atoms with Gasteiger partial charge in [0.2, 0.25) is 0 Å². The van der Waals surface area contributed by atoms with Crippen LogP contribution in [0.4, 0.5) is 0 Å². The number of aryl methyl sites for hydroxylation is 1. The lowest BCUT2D eigenvalue weighted by atomic mass is 9.46. The molecule has 0 amide bonds. The highest BCUT2D eigenvalue weighted by Crippen LogP contribution is 2.63. The van der Waals surface area contributed by atoms with Crippen molar-refractivity contribution in [2.24, 2.45) is 11.8 Å². The van der Waals surface area contributed by atoms with Crippen LogP contribution in [-0.2, 0) is 5.41 Å². The van der Waals surface area contributed by atoms with Crippen LogP contribution in [0.5, 0.6) is 0 Å². The molecule has 3 aromatic carbocycles. The fourth-order valence-corrected chi connectivity index (χ4v) is 7.65. The Morgan fingerprint density at radius 3 is 2.15 bits per heavy atom. The Morgan fingerprint density at radius 2 is 1.45 bits per heavy atom. The van der Waals surface area contributed by atoms with Crippen molar-refractivity contribution < 1.29 is 0 Å². The molecule has 6 aliphatic rings. The molecule has 3 fully saturated rings. The van der Waals surface area contributed by atoms with Gasteiger partial charge in [0.1, 0.15) is 0 Å². The van der Waals surface area contributed by atoms with Gasteiger partial charge in [-0.25, -0.2) is 0 Å². The van der Waals surface area contributed by atoms with Crippen LogP contribution in [0.15, 0.2) is 84.0 Å². The maximum atomic E-state index is 4.31. The average Bonchev–Trinajstić information content (AvgIpc) is 3.16. The van der Waals surface area contributed by atoms with Crippen LogP contribution in [0.3, 0.4) is 0 Å². The third-order valence-electron chi connectivity index (χ3n) is 9.37. The highest BCUT2D eigenvalue weighted by atomic mass is 14.6. The van der Waals surface area contributed by atoms with Gasteiger partial charge in [0.25, 0.3) is 0 Å². The topological polar surface area (TPSA) is 0 Å². The van der Waals surface area contributed by atoms with Crippen LogP contribution in [0.1, 0.15) is 62.1 Å². The minimum atomic E-state index is 0.385. The van der Waals surface area contributed by atoms with Crippen molar-refractivity contribution in [1.82, 2.24) is 0 Å². The molecule has 0 nitrogen and oxygen atoms in total. The maximum absolute atomic E-state index is 4.31. The predicted molar refractivity (Wildman–Crippen MR) is 140 cm³/mol. The van der Waals surface area contributed by atoms with Gasteiger partial charge in [-0.15, -0.1) is 0 Å². The van der Waals surface area contributed by atoms with Crippen molar-refractivity contribution in [2.75, 3.05) is 0 Å². The summed E-state index contributed by atoms with van der Waals surface area (Å²) in [5, 5.41) is 2.64. The van der Waals surface area contributed by atoms with E-state index in [9.17, 15) is 0 Å². The molecule has 0 saturated heterocycles. The largest absolute Gasteiger partial charge is 0.0952 e. The second-order valence-electron chi connectivity index (χ2n) is 11.3. The number of allylic oxidation sites excluding steroid dienone is 5. The van der Waals surface area contributed by atoms with E-state index in [1.54, 1.807) is 11.1 Å². The lowest BCUT2D eigenvalue weighted by molar-refractivity contribution is 0.0974. The molecule has 2 unspecified atom stereocenters. The minimum absolute atomic E-state index is 0.385. The molecule has 0 radical (unpaired) electrons. The maximum Gasteiger partial charge on any atom is 0.000178 e. The van der Waals surface area contributed by atoms with Gasteiger partial charge in [-0.2, -0.15) is 0 Å². The third-order valence-corrected chi connectivity index (χ3v) is 9.37. The van der Waals surface area contributed by atoms with Gasteiger partial charge < -0.3 is 0 Å². The smallest absolute Gasteiger partial charge is 0.000178 e. The Labute approximate surface area is 197 Å². The second kappa shape index (κ2) is 6.83. The van der Waals surface area contributed by atoms with Gasteiger partial charge in [0, 0.05) is 5.41 Å². The molecule has 4 bridgehead atoms. The minimum Gasteiger partial charge on any atom is -0.0952 e. The van der Waals surface area contributed by atoms with E-state index in [2.05, 4.69) is 81.1 Å². The quantitative estimate of drug-likeness (QED) is 0.365. The van der Waals surface area contributed by atoms with E-state index in [1.807, 2.05) is 0 Å².